The number of hydrogen-bond acceptors (Lipinski definition) is 0. The van der Waals surface area contributed by atoms with Crippen LogP contribution in [0, 0.1) is 24.9 Å². The molecule has 0 nitrogen and oxygen atoms in total. The van der Waals surface area contributed by atoms with Gasteiger partial charge in [0.2, 0.25) is 0 Å². The zero-order valence-corrected chi connectivity index (χ0v) is 16.7. The minimum Gasteiger partial charge on any atom is -0.0485 e. The Hall–Kier alpha value is 1.16. The molecule has 1 aromatic rings. The van der Waals surface area contributed by atoms with E-state index in [2.05, 4.69) is 73.2 Å². The van der Waals surface area contributed by atoms with Crippen molar-refractivity contribution in [2.24, 2.45) is 17.8 Å². The van der Waals surface area contributed by atoms with Crippen molar-refractivity contribution in [2.75, 3.05) is 0 Å². The molecule has 0 unspecified atom stereocenters. The molecule has 0 spiro atoms. The lowest BCUT2D eigenvalue weighted by Crippen LogP contribution is -2.48. The normalized spacial score (nSPS) is 39.8. The fraction of sp³-hybridized carbons (Fsp3) is 0.625. The SMILES string of the molecule is Brc1c(I)cc(C23CC4CC(CC(C4)C2)C3)cc1I. The second-order valence-corrected chi connectivity index (χ2v) is 10.1. The fourth-order valence-corrected chi connectivity index (χ4v) is 7.32. The molecule has 0 radical (unpaired) electrons. The predicted octanol–water partition coefficient (Wildman–Crippen LogP) is 6.13. The van der Waals surface area contributed by atoms with Crippen molar-refractivity contribution in [3.63, 3.8) is 0 Å². The molecule has 4 fully saturated rings. The van der Waals surface area contributed by atoms with E-state index in [4.69, 9.17) is 0 Å². The number of benzene rings is 1. The van der Waals surface area contributed by atoms with Gasteiger partial charge < -0.3 is 0 Å². The second kappa shape index (κ2) is 4.83. The third-order valence-corrected chi connectivity index (χ3v) is 9.67. The summed E-state index contributed by atoms with van der Waals surface area (Å²) in [5.41, 5.74) is 2.18. The molecule has 4 saturated carbocycles. The molecular weight excluding hydrogens is 526 g/mol. The third-order valence-electron chi connectivity index (χ3n) is 5.63. The quantitative estimate of drug-likeness (QED) is 0.296. The summed E-state index contributed by atoms with van der Waals surface area (Å²) in [5.74, 6) is 3.10. The van der Waals surface area contributed by atoms with Crippen molar-refractivity contribution in [3.05, 3.63) is 29.3 Å². The van der Waals surface area contributed by atoms with Gasteiger partial charge in [0.25, 0.3) is 0 Å². The van der Waals surface area contributed by atoms with E-state index in [1.165, 1.54) is 50.1 Å². The van der Waals surface area contributed by atoms with Gasteiger partial charge in [-0.05, 0) is 141 Å². The minimum absolute atomic E-state index is 0.537. The van der Waals surface area contributed by atoms with Gasteiger partial charge in [0.15, 0.2) is 0 Å². The molecular formula is C16H17BrI2. The summed E-state index contributed by atoms with van der Waals surface area (Å²) in [7, 11) is 0. The zero-order valence-electron chi connectivity index (χ0n) is 10.8. The van der Waals surface area contributed by atoms with Gasteiger partial charge in [-0.1, -0.05) is 0 Å². The molecule has 0 amide bonds. The lowest BCUT2D eigenvalue weighted by molar-refractivity contribution is -0.00525. The summed E-state index contributed by atoms with van der Waals surface area (Å²) < 4.78 is 4.05. The Kier molecular flexibility index (Phi) is 3.51. The Labute approximate surface area is 150 Å². The van der Waals surface area contributed by atoms with Gasteiger partial charge in [0, 0.05) is 11.6 Å². The van der Waals surface area contributed by atoms with E-state index in [-0.39, 0.29) is 0 Å². The Morgan fingerprint density at radius 1 is 0.895 bits per heavy atom. The van der Waals surface area contributed by atoms with Crippen LogP contribution in [0.1, 0.15) is 44.1 Å². The maximum Gasteiger partial charge on any atom is 0.0442 e. The van der Waals surface area contributed by atoms with Crippen molar-refractivity contribution in [2.45, 2.75) is 43.9 Å². The van der Waals surface area contributed by atoms with Gasteiger partial charge >= 0.3 is 0 Å². The highest BCUT2D eigenvalue weighted by Gasteiger charge is 2.51. The van der Waals surface area contributed by atoms with Crippen LogP contribution in [0.2, 0.25) is 0 Å². The third kappa shape index (κ3) is 2.24. The van der Waals surface area contributed by atoms with Crippen LogP contribution in [-0.4, -0.2) is 0 Å². The topological polar surface area (TPSA) is 0 Å². The van der Waals surface area contributed by atoms with Gasteiger partial charge in [-0.3, -0.25) is 0 Å². The van der Waals surface area contributed by atoms with Crippen LogP contribution in [0.5, 0.6) is 0 Å². The van der Waals surface area contributed by atoms with Crippen LogP contribution in [0.3, 0.4) is 0 Å². The van der Waals surface area contributed by atoms with Crippen LogP contribution in [-0.2, 0) is 5.41 Å². The minimum atomic E-state index is 0.537. The van der Waals surface area contributed by atoms with Gasteiger partial charge in [-0.2, -0.15) is 0 Å². The Morgan fingerprint density at radius 2 is 1.32 bits per heavy atom. The van der Waals surface area contributed by atoms with Crippen LogP contribution in [0.4, 0.5) is 0 Å². The highest BCUT2D eigenvalue weighted by molar-refractivity contribution is 14.1. The summed E-state index contributed by atoms with van der Waals surface area (Å²) in [6.45, 7) is 0. The average molecular weight is 543 g/mol. The van der Waals surface area contributed by atoms with E-state index < -0.39 is 0 Å². The molecule has 4 aliphatic carbocycles. The van der Waals surface area contributed by atoms with Crippen LogP contribution in [0.15, 0.2) is 16.6 Å². The first-order valence-electron chi connectivity index (χ1n) is 7.21. The molecule has 4 aliphatic rings. The Morgan fingerprint density at radius 3 is 1.74 bits per heavy atom. The van der Waals surface area contributed by atoms with Gasteiger partial charge in [-0.15, -0.1) is 0 Å². The zero-order chi connectivity index (χ0) is 13.2. The summed E-state index contributed by atoms with van der Waals surface area (Å²) in [4.78, 5) is 0. The van der Waals surface area contributed by atoms with Gasteiger partial charge in [0.05, 0.1) is 0 Å². The molecule has 1 aromatic carbocycles. The van der Waals surface area contributed by atoms with Gasteiger partial charge in [-0.25, -0.2) is 0 Å². The van der Waals surface area contributed by atoms with E-state index in [0.29, 0.717) is 5.41 Å². The highest BCUT2D eigenvalue weighted by Crippen LogP contribution is 2.61. The number of halogens is 3. The fourth-order valence-electron chi connectivity index (χ4n) is 5.33. The van der Waals surface area contributed by atoms with E-state index in [1.54, 1.807) is 5.56 Å². The van der Waals surface area contributed by atoms with E-state index in [1.807, 2.05) is 0 Å². The second-order valence-electron chi connectivity index (χ2n) is 6.95. The first-order valence-corrected chi connectivity index (χ1v) is 10.2. The highest BCUT2D eigenvalue weighted by atomic mass is 127. The molecule has 0 saturated heterocycles. The average Bonchev–Trinajstić information content (AvgIpc) is 2.33. The molecule has 19 heavy (non-hydrogen) atoms. The van der Waals surface area contributed by atoms with Crippen molar-refractivity contribution >= 4 is 61.1 Å². The molecule has 3 heteroatoms. The smallest absolute Gasteiger partial charge is 0.0442 e. The van der Waals surface area contributed by atoms with Crippen molar-refractivity contribution in [1.82, 2.24) is 0 Å². The standard InChI is InChI=1S/C16H17BrI2/c17-15-13(18)4-12(5-14(15)19)16-6-9-1-10(7-16)3-11(2-9)8-16/h4-5,9-11H,1-3,6-8H2. The monoisotopic (exact) mass is 542 g/mol. The van der Waals surface area contributed by atoms with Gasteiger partial charge in [0.1, 0.15) is 0 Å². The number of rotatable bonds is 1. The summed E-state index contributed by atoms with van der Waals surface area (Å²) in [6.07, 6.45) is 8.99. The summed E-state index contributed by atoms with van der Waals surface area (Å²) in [6, 6.07) is 4.92. The van der Waals surface area contributed by atoms with Crippen LogP contribution in [0.25, 0.3) is 0 Å². The molecule has 102 valence electrons. The molecule has 0 aliphatic heterocycles. The molecule has 0 N–H and O–H groups in total. The van der Waals surface area contributed by atoms with E-state index in [9.17, 15) is 0 Å². The molecule has 0 aromatic heterocycles. The maximum atomic E-state index is 3.71. The molecule has 4 bridgehead atoms. The summed E-state index contributed by atoms with van der Waals surface area (Å²) >= 11 is 8.67. The van der Waals surface area contributed by atoms with E-state index >= 15 is 0 Å². The van der Waals surface area contributed by atoms with Crippen molar-refractivity contribution in [1.29, 1.82) is 0 Å². The van der Waals surface area contributed by atoms with E-state index in [0.717, 1.165) is 17.8 Å². The number of hydrogen-bond donors (Lipinski definition) is 0. The largest absolute Gasteiger partial charge is 0.0485 e. The van der Waals surface area contributed by atoms with Crippen LogP contribution < -0.4 is 0 Å². The lowest BCUT2D eigenvalue weighted by atomic mass is 9.48. The Balaban J connectivity index is 1.79. The van der Waals surface area contributed by atoms with Crippen molar-refractivity contribution < 1.29 is 0 Å². The molecule has 5 rings (SSSR count). The lowest BCUT2D eigenvalue weighted by Gasteiger charge is -2.57. The molecule has 0 heterocycles. The first kappa shape index (κ1) is 13.8. The van der Waals surface area contributed by atoms with Crippen molar-refractivity contribution in [3.8, 4) is 0 Å². The van der Waals surface area contributed by atoms with Crippen LogP contribution >= 0.6 is 61.1 Å². The predicted molar refractivity (Wildman–Crippen MR) is 99.4 cm³/mol. The molecule has 0 atom stereocenters. The first-order chi connectivity index (χ1) is 9.06. The Bertz CT molecular complexity index is 479. The summed E-state index contributed by atoms with van der Waals surface area (Å²) in [5, 5.41) is 0. The maximum absolute atomic E-state index is 3.71.